The molecule has 32 heavy (non-hydrogen) atoms. The van der Waals surface area contributed by atoms with Crippen LogP contribution in [0.3, 0.4) is 0 Å². The molecule has 1 rings (SSSR count). The van der Waals surface area contributed by atoms with Crippen molar-refractivity contribution < 1.29 is 5.11 Å². The first kappa shape index (κ1) is 29.1. The van der Waals surface area contributed by atoms with Crippen molar-refractivity contribution in [2.45, 2.75) is 162 Å². The van der Waals surface area contributed by atoms with Crippen LogP contribution in [0.2, 0.25) is 0 Å². The summed E-state index contributed by atoms with van der Waals surface area (Å²) in [6, 6.07) is 4.21. The fourth-order valence-corrected chi connectivity index (χ4v) is 4.99. The Balaban J connectivity index is 2.53. The summed E-state index contributed by atoms with van der Waals surface area (Å²) < 4.78 is 0. The molecule has 0 spiro atoms. The normalized spacial score (nSPS) is 11.3. The lowest BCUT2D eigenvalue weighted by molar-refractivity contribution is 0.463. The minimum absolute atomic E-state index is 0.557. The number of rotatable bonds is 22. The van der Waals surface area contributed by atoms with Crippen LogP contribution in [0.4, 0.5) is 0 Å². The molecule has 0 radical (unpaired) electrons. The molecule has 0 fully saturated rings. The first-order valence-corrected chi connectivity index (χ1v) is 14.6. The van der Waals surface area contributed by atoms with Gasteiger partial charge in [0.2, 0.25) is 0 Å². The number of unbranched alkanes of at least 4 members (excludes halogenated alkanes) is 16. The second kappa shape index (κ2) is 20.6. The lowest BCUT2D eigenvalue weighted by Crippen LogP contribution is -2.03. The summed E-state index contributed by atoms with van der Waals surface area (Å²) in [5.74, 6) is 0.557. The van der Waals surface area contributed by atoms with Crippen molar-refractivity contribution in [2.24, 2.45) is 0 Å². The summed E-state index contributed by atoms with van der Waals surface area (Å²) in [6.45, 7) is 6.86. The highest BCUT2D eigenvalue weighted by Gasteiger charge is 2.13. The summed E-state index contributed by atoms with van der Waals surface area (Å²) >= 11 is 0. The van der Waals surface area contributed by atoms with Crippen LogP contribution < -0.4 is 0 Å². The zero-order chi connectivity index (χ0) is 23.3. The smallest absolute Gasteiger partial charge is 0.119 e. The monoisotopic (exact) mass is 444 g/mol. The highest BCUT2D eigenvalue weighted by atomic mass is 16.3. The van der Waals surface area contributed by atoms with E-state index in [1.165, 1.54) is 145 Å². The third-order valence-electron chi connectivity index (χ3n) is 7.11. The van der Waals surface area contributed by atoms with Crippen molar-refractivity contribution >= 4 is 0 Å². The third-order valence-corrected chi connectivity index (χ3v) is 7.11. The fraction of sp³-hybridized carbons (Fsp3) is 0.806. The van der Waals surface area contributed by atoms with Gasteiger partial charge in [-0.15, -0.1) is 0 Å². The van der Waals surface area contributed by atoms with Crippen LogP contribution in [0, 0.1) is 0 Å². The number of phenolic OH excluding ortho intramolecular Hbond substituents is 1. The van der Waals surface area contributed by atoms with Crippen molar-refractivity contribution in [2.75, 3.05) is 0 Å². The van der Waals surface area contributed by atoms with Crippen LogP contribution >= 0.6 is 0 Å². The zero-order valence-electron chi connectivity index (χ0n) is 22.2. The Kier molecular flexibility index (Phi) is 18.7. The van der Waals surface area contributed by atoms with Gasteiger partial charge >= 0.3 is 0 Å². The fourth-order valence-electron chi connectivity index (χ4n) is 4.99. The molecule has 0 atom stereocenters. The van der Waals surface area contributed by atoms with Crippen molar-refractivity contribution in [3.05, 3.63) is 28.8 Å². The molecule has 0 unspecified atom stereocenters. The van der Waals surface area contributed by atoms with Gasteiger partial charge in [-0.3, -0.25) is 0 Å². The number of aromatic hydroxyl groups is 1. The summed E-state index contributed by atoms with van der Waals surface area (Å²) in [4.78, 5) is 0. The average Bonchev–Trinajstić information content (AvgIpc) is 2.80. The third kappa shape index (κ3) is 13.5. The van der Waals surface area contributed by atoms with Gasteiger partial charge in [0, 0.05) is 0 Å². The predicted octanol–water partition coefficient (Wildman–Crippen LogP) is 10.5. The first-order valence-electron chi connectivity index (χ1n) is 14.6. The molecule has 1 N–H and O–H groups in total. The summed E-state index contributed by atoms with van der Waals surface area (Å²) in [7, 11) is 0. The maximum Gasteiger partial charge on any atom is 0.119 e. The van der Waals surface area contributed by atoms with E-state index < -0.39 is 0 Å². The lowest BCUT2D eigenvalue weighted by Gasteiger charge is -2.17. The molecule has 0 bridgehead atoms. The molecule has 0 aliphatic rings. The number of benzene rings is 1. The second-order valence-corrected chi connectivity index (χ2v) is 10.1. The van der Waals surface area contributed by atoms with E-state index in [2.05, 4.69) is 26.8 Å². The highest BCUT2D eigenvalue weighted by Crippen LogP contribution is 2.30. The number of hydrogen-bond acceptors (Lipinski definition) is 1. The van der Waals surface area contributed by atoms with E-state index in [-0.39, 0.29) is 0 Å². The SMILES string of the molecule is CCCCCCCCCCCCc1c(O)ccc(CCCCCC)c1CCCCCCC. The van der Waals surface area contributed by atoms with E-state index in [0.29, 0.717) is 5.75 Å². The van der Waals surface area contributed by atoms with E-state index >= 15 is 0 Å². The summed E-state index contributed by atoms with van der Waals surface area (Å²) in [5.41, 5.74) is 4.32. The summed E-state index contributed by atoms with van der Waals surface area (Å²) in [5, 5.41) is 10.7. The number of hydrogen-bond donors (Lipinski definition) is 1. The van der Waals surface area contributed by atoms with E-state index in [9.17, 15) is 5.11 Å². The van der Waals surface area contributed by atoms with Gasteiger partial charge in [0.1, 0.15) is 5.75 Å². The van der Waals surface area contributed by atoms with Gasteiger partial charge in [0.05, 0.1) is 0 Å². The van der Waals surface area contributed by atoms with Gasteiger partial charge in [-0.05, 0) is 61.3 Å². The van der Waals surface area contributed by atoms with Crippen molar-refractivity contribution in [3.63, 3.8) is 0 Å². The van der Waals surface area contributed by atoms with Crippen molar-refractivity contribution in [1.82, 2.24) is 0 Å². The van der Waals surface area contributed by atoms with Crippen LogP contribution in [0.1, 0.15) is 159 Å². The molecule has 0 heterocycles. The standard InChI is InChI=1S/C31H56O/c1-4-7-10-13-14-15-16-17-19-22-25-30-29(24-21-18-11-8-5-2)28(26-27-31(30)32)23-20-12-9-6-3/h26-27,32H,4-25H2,1-3H3. The molecule has 1 nitrogen and oxygen atoms in total. The average molecular weight is 445 g/mol. The molecule has 0 aliphatic carbocycles. The molecule has 0 amide bonds. The van der Waals surface area contributed by atoms with Gasteiger partial charge in [-0.25, -0.2) is 0 Å². The minimum Gasteiger partial charge on any atom is -0.508 e. The Morgan fingerprint density at radius 3 is 1.31 bits per heavy atom. The van der Waals surface area contributed by atoms with Crippen LogP contribution in [-0.4, -0.2) is 5.11 Å². The molecule has 1 aromatic rings. The maximum absolute atomic E-state index is 10.7. The first-order chi connectivity index (χ1) is 15.7. The lowest BCUT2D eigenvalue weighted by atomic mass is 9.89. The maximum atomic E-state index is 10.7. The highest BCUT2D eigenvalue weighted by molar-refractivity contribution is 5.45. The van der Waals surface area contributed by atoms with Crippen LogP contribution in [-0.2, 0) is 19.3 Å². The molecule has 1 aromatic carbocycles. The van der Waals surface area contributed by atoms with E-state index in [1.54, 1.807) is 0 Å². The predicted molar refractivity (Wildman–Crippen MR) is 144 cm³/mol. The molecular weight excluding hydrogens is 388 g/mol. The van der Waals surface area contributed by atoms with Crippen LogP contribution in [0.15, 0.2) is 12.1 Å². The van der Waals surface area contributed by atoms with Gasteiger partial charge in [-0.2, -0.15) is 0 Å². The minimum atomic E-state index is 0.557. The molecule has 186 valence electrons. The Labute approximate surface area is 201 Å². The Morgan fingerprint density at radius 1 is 0.438 bits per heavy atom. The molecule has 1 heteroatoms. The van der Waals surface area contributed by atoms with Gasteiger partial charge < -0.3 is 5.11 Å². The van der Waals surface area contributed by atoms with E-state index in [4.69, 9.17) is 0 Å². The van der Waals surface area contributed by atoms with Crippen molar-refractivity contribution in [3.8, 4) is 5.75 Å². The van der Waals surface area contributed by atoms with Gasteiger partial charge in [0.15, 0.2) is 0 Å². The van der Waals surface area contributed by atoms with E-state index in [0.717, 1.165) is 12.8 Å². The molecule has 0 saturated heterocycles. The number of aryl methyl sites for hydroxylation is 1. The molecule has 0 aliphatic heterocycles. The zero-order valence-corrected chi connectivity index (χ0v) is 22.2. The Hall–Kier alpha value is -0.980. The van der Waals surface area contributed by atoms with Crippen LogP contribution in [0.25, 0.3) is 0 Å². The largest absolute Gasteiger partial charge is 0.508 e. The van der Waals surface area contributed by atoms with E-state index in [1.807, 2.05) is 6.07 Å². The Morgan fingerprint density at radius 2 is 0.812 bits per heavy atom. The number of phenols is 1. The molecule has 0 aromatic heterocycles. The topological polar surface area (TPSA) is 20.2 Å². The quantitative estimate of drug-likeness (QED) is 0.176. The van der Waals surface area contributed by atoms with Gasteiger partial charge in [0.25, 0.3) is 0 Å². The Bertz CT molecular complexity index is 548. The molecule has 0 saturated carbocycles. The summed E-state index contributed by atoms with van der Waals surface area (Å²) in [6.07, 6.45) is 29.0. The van der Waals surface area contributed by atoms with Crippen molar-refractivity contribution in [1.29, 1.82) is 0 Å². The van der Waals surface area contributed by atoms with Crippen LogP contribution in [0.5, 0.6) is 5.75 Å². The molecular formula is C31H56O. The second-order valence-electron chi connectivity index (χ2n) is 10.1. The van der Waals surface area contributed by atoms with Gasteiger partial charge in [-0.1, -0.05) is 130 Å².